The highest BCUT2D eigenvalue weighted by molar-refractivity contribution is 8.13. The van der Waals surface area contributed by atoms with Crippen molar-refractivity contribution >= 4 is 122 Å². The van der Waals surface area contributed by atoms with Gasteiger partial charge in [-0.1, -0.05) is 32.7 Å². The molecule has 3 aromatic rings. The zero-order valence-corrected chi connectivity index (χ0v) is 45.5. The van der Waals surface area contributed by atoms with Crippen LogP contribution < -0.4 is 10.6 Å². The van der Waals surface area contributed by atoms with Crippen LogP contribution in [0, 0.1) is 0 Å². The van der Waals surface area contributed by atoms with Gasteiger partial charge >= 0.3 is 35.4 Å². The van der Waals surface area contributed by atoms with Gasteiger partial charge in [-0.05, 0) is 114 Å². The Hall–Kier alpha value is -5.40. The number of hydrogen-bond acceptors (Lipinski definition) is 20. The van der Waals surface area contributed by atoms with E-state index in [0.29, 0.717) is 55.3 Å². The van der Waals surface area contributed by atoms with E-state index in [2.05, 4.69) is 36.4 Å². The lowest BCUT2D eigenvalue weighted by molar-refractivity contribution is 0.0522. The first-order valence-corrected chi connectivity index (χ1v) is 26.6. The van der Waals surface area contributed by atoms with E-state index in [1.54, 1.807) is 70.7 Å². The first-order chi connectivity index (χ1) is 34.1. The van der Waals surface area contributed by atoms with Crippen LogP contribution in [0.15, 0.2) is 61.7 Å². The molecule has 402 valence electrons. The molecule has 25 heteroatoms. The number of nitrogens with one attached hydrogen (secondary N) is 2. The van der Waals surface area contributed by atoms with Gasteiger partial charge in [-0.3, -0.25) is 14.4 Å². The maximum atomic E-state index is 12.6. The number of rotatable bonds is 18. The summed E-state index contributed by atoms with van der Waals surface area (Å²) in [6.45, 7) is 19.8. The Labute approximate surface area is 452 Å². The Morgan fingerprint density at radius 2 is 1.04 bits per heavy atom. The van der Waals surface area contributed by atoms with Gasteiger partial charge in [0.15, 0.2) is 0 Å². The highest BCUT2D eigenvalue weighted by Crippen LogP contribution is 2.31. The van der Waals surface area contributed by atoms with Crippen molar-refractivity contribution in [2.45, 2.75) is 90.0 Å². The summed E-state index contributed by atoms with van der Waals surface area (Å²) < 4.78 is 30.2. The third-order valence-corrected chi connectivity index (χ3v) is 14.3. The zero-order valence-electron chi connectivity index (χ0n) is 40.6. The lowest BCUT2D eigenvalue weighted by Gasteiger charge is -2.23. The predicted molar refractivity (Wildman–Crippen MR) is 286 cm³/mol. The second-order valence-corrected chi connectivity index (χ2v) is 21.6. The van der Waals surface area contributed by atoms with Crippen molar-refractivity contribution in [1.29, 1.82) is 0 Å². The molecule has 5 rings (SSSR count). The van der Waals surface area contributed by atoms with E-state index in [9.17, 15) is 43.2 Å². The van der Waals surface area contributed by atoms with E-state index in [1.807, 2.05) is 0 Å². The average molecular weight is 1130 g/mol. The van der Waals surface area contributed by atoms with Crippen molar-refractivity contribution in [2.75, 3.05) is 59.2 Å². The summed E-state index contributed by atoms with van der Waals surface area (Å²) >= 11 is 13.8. The number of ether oxygens (including phenoxy) is 6. The molecule has 0 radical (unpaired) electrons. The normalized spacial score (nSPS) is 16.6. The fraction of sp³-hybridized carbons (Fsp3) is 0.479. The van der Waals surface area contributed by atoms with E-state index in [1.165, 1.54) is 29.2 Å². The molecular formula is C48H63ClN4O15S5. The van der Waals surface area contributed by atoms with Crippen LogP contribution in [-0.4, -0.2) is 150 Å². The molecule has 0 aromatic carbocycles. The SMILES string of the molecule is C.C=CCOC(=O)N1C[C@@H](S)C[C@H]1CNC(=O)c1ccc(C(=O)OCC)s1.C=CCOC(=O)N1C[C@@H](SC(=O)OC(C)(C)C)C[C@H]1CNC(=O)c1ccc(C(=O)OCC)s1.CCOC(=O)c1ccc(C(=O)Cl)s1. The van der Waals surface area contributed by atoms with Gasteiger partial charge < -0.3 is 48.9 Å². The van der Waals surface area contributed by atoms with Crippen molar-refractivity contribution in [3.63, 3.8) is 0 Å². The van der Waals surface area contributed by atoms with Gasteiger partial charge in [0.25, 0.3) is 17.1 Å². The molecule has 3 aromatic heterocycles. The number of thiophene rings is 3. The molecule has 73 heavy (non-hydrogen) atoms. The smallest absolute Gasteiger partial charge is 0.410 e. The third-order valence-electron chi connectivity index (χ3n) is 9.42. The summed E-state index contributed by atoms with van der Waals surface area (Å²) in [5, 5.41) is 4.47. The third kappa shape index (κ3) is 21.5. The number of esters is 3. The maximum absolute atomic E-state index is 12.6. The lowest BCUT2D eigenvalue weighted by Crippen LogP contribution is -2.43. The summed E-state index contributed by atoms with van der Waals surface area (Å²) in [6, 6.07) is 8.72. The van der Waals surface area contributed by atoms with Crippen LogP contribution >= 0.6 is 70.0 Å². The van der Waals surface area contributed by atoms with Crippen LogP contribution in [0.4, 0.5) is 14.4 Å². The van der Waals surface area contributed by atoms with E-state index in [4.69, 9.17) is 40.0 Å². The van der Waals surface area contributed by atoms with E-state index in [0.717, 1.165) is 45.8 Å². The Bertz CT molecular complexity index is 2380. The highest BCUT2D eigenvalue weighted by atomic mass is 35.5. The first kappa shape index (κ1) is 63.7. The molecule has 0 saturated carbocycles. The van der Waals surface area contributed by atoms with Crippen LogP contribution in [0.3, 0.4) is 0 Å². The Kier molecular flexibility index (Phi) is 28.0. The van der Waals surface area contributed by atoms with Crippen LogP contribution in [-0.2, 0) is 28.4 Å². The fourth-order valence-corrected chi connectivity index (χ4v) is 10.5. The summed E-state index contributed by atoms with van der Waals surface area (Å²) in [4.78, 5) is 112. The number of thiol groups is 1. The second-order valence-electron chi connectivity index (χ2n) is 16.0. The largest absolute Gasteiger partial charge is 0.462 e. The predicted octanol–water partition coefficient (Wildman–Crippen LogP) is 9.38. The Balaban J connectivity index is 0.000000405. The molecule has 2 saturated heterocycles. The zero-order chi connectivity index (χ0) is 53.5. The first-order valence-electron chi connectivity index (χ1n) is 22.4. The number of thioether (sulfide) groups is 1. The molecular weight excluding hydrogens is 1070 g/mol. The molecule has 2 aliphatic rings. The number of carbonyl (C=O) groups excluding carboxylic acids is 9. The van der Waals surface area contributed by atoms with Crippen molar-refractivity contribution in [2.24, 2.45) is 0 Å². The monoisotopic (exact) mass is 1130 g/mol. The van der Waals surface area contributed by atoms with Crippen molar-refractivity contribution in [1.82, 2.24) is 20.4 Å². The molecule has 5 heterocycles. The minimum absolute atomic E-state index is 0. The lowest BCUT2D eigenvalue weighted by atomic mass is 10.2. The molecule has 0 bridgehead atoms. The molecule has 19 nitrogen and oxygen atoms in total. The number of halogens is 1. The molecule has 2 N–H and O–H groups in total. The van der Waals surface area contributed by atoms with E-state index >= 15 is 0 Å². The van der Waals surface area contributed by atoms with Crippen LogP contribution in [0.2, 0.25) is 0 Å². The molecule has 0 unspecified atom stereocenters. The summed E-state index contributed by atoms with van der Waals surface area (Å²) in [6.07, 6.45) is 3.12. The van der Waals surface area contributed by atoms with Gasteiger partial charge in [-0.2, -0.15) is 12.6 Å². The van der Waals surface area contributed by atoms with E-state index < -0.39 is 46.2 Å². The number of amides is 4. The van der Waals surface area contributed by atoms with Crippen LogP contribution in [0.5, 0.6) is 0 Å². The fourth-order valence-electron chi connectivity index (χ4n) is 6.42. The van der Waals surface area contributed by atoms with E-state index in [-0.39, 0.29) is 87.9 Å². The molecule has 0 spiro atoms. The second kappa shape index (κ2) is 32.0. The topological polar surface area (TPSA) is 240 Å². The molecule has 2 aliphatic heterocycles. The van der Waals surface area contributed by atoms with Crippen LogP contribution in [0.1, 0.15) is 120 Å². The summed E-state index contributed by atoms with van der Waals surface area (Å²) in [5.74, 6) is -2.00. The summed E-state index contributed by atoms with van der Waals surface area (Å²) in [5.41, 5.74) is -0.609. The van der Waals surface area contributed by atoms with Crippen molar-refractivity contribution < 1.29 is 71.6 Å². The highest BCUT2D eigenvalue weighted by Gasteiger charge is 2.39. The number of likely N-dealkylation sites (tertiary alicyclic amines) is 2. The minimum Gasteiger partial charge on any atom is -0.462 e. The number of carbonyl (C=O) groups is 9. The van der Waals surface area contributed by atoms with Crippen molar-refractivity contribution in [3.8, 4) is 0 Å². The van der Waals surface area contributed by atoms with Gasteiger partial charge in [0.05, 0.1) is 46.5 Å². The van der Waals surface area contributed by atoms with Gasteiger partial charge in [-0.25, -0.2) is 28.8 Å². The van der Waals surface area contributed by atoms with Gasteiger partial charge in [-0.15, -0.1) is 34.0 Å². The van der Waals surface area contributed by atoms with Gasteiger partial charge in [0.1, 0.15) is 33.4 Å². The Morgan fingerprint density at radius 1 is 0.658 bits per heavy atom. The quantitative estimate of drug-likeness (QED) is 0.0353. The molecule has 4 atom stereocenters. The summed E-state index contributed by atoms with van der Waals surface area (Å²) in [7, 11) is 0. The standard InChI is InChI=1S/C22H30N2O7S2.C17H22N2O5S2.C8H7ClO3S.CH4/c1-6-10-30-20(27)24-13-15(32-21(28)31-22(3,4)5)11-14(24)12-23-18(25)16-8-9-17(33-16)19(26)29-7-2;1-3-7-24-17(22)19-10-12(25)8-11(19)9-18-15(20)13-5-6-14(26-13)16(21)23-4-2;1-2-12-8(11)6-4-3-5(13-6)7(9)10;/h6,8-9,14-15H,1,7,10-13H2,2-5H3,(H,23,25);3,5-6,11-12,25H,1,4,7-10H2,2H3,(H,18,20);3-4H,2H2,1H3;1H4/t14-,15-;11-,12-;;/m00../s1. The Morgan fingerprint density at radius 3 is 1.42 bits per heavy atom. The molecule has 4 amide bonds. The molecule has 0 aliphatic carbocycles. The van der Waals surface area contributed by atoms with Crippen LogP contribution in [0.25, 0.3) is 0 Å². The average Bonchev–Trinajstić information content (AvgIpc) is 4.19. The maximum Gasteiger partial charge on any atom is 0.410 e. The minimum atomic E-state index is -0.609. The van der Waals surface area contributed by atoms with Gasteiger partial charge in [0, 0.05) is 36.7 Å². The van der Waals surface area contributed by atoms with Gasteiger partial charge in [0.2, 0.25) is 0 Å². The number of nitrogens with zero attached hydrogens (tertiary/aromatic N) is 2. The molecule has 2 fully saturated rings. The number of hydrogen-bond donors (Lipinski definition) is 3. The van der Waals surface area contributed by atoms with Crippen molar-refractivity contribution in [3.05, 3.63) is 91.0 Å².